The molecule has 0 saturated carbocycles. The van der Waals surface area contributed by atoms with Gasteiger partial charge in [0.15, 0.2) is 6.29 Å². The SMILES string of the molecule is CCCCOC(C)OOC(=O)c1ccc(C(=O)OCC)cc1. The van der Waals surface area contributed by atoms with E-state index in [1.807, 2.05) is 0 Å². The molecule has 0 saturated heterocycles. The summed E-state index contributed by atoms with van der Waals surface area (Å²) in [5, 5.41) is 0. The van der Waals surface area contributed by atoms with Crippen LogP contribution in [0.25, 0.3) is 0 Å². The van der Waals surface area contributed by atoms with Crippen molar-refractivity contribution in [2.45, 2.75) is 39.9 Å². The molecule has 0 amide bonds. The van der Waals surface area contributed by atoms with Gasteiger partial charge in [-0.05, 0) is 44.5 Å². The highest BCUT2D eigenvalue weighted by atomic mass is 17.2. The van der Waals surface area contributed by atoms with Gasteiger partial charge in [0.25, 0.3) is 0 Å². The Morgan fingerprint density at radius 3 is 2.18 bits per heavy atom. The average molecular weight is 310 g/mol. The number of hydrogen-bond donors (Lipinski definition) is 0. The fourth-order valence-electron chi connectivity index (χ4n) is 1.54. The van der Waals surface area contributed by atoms with E-state index in [9.17, 15) is 9.59 Å². The minimum absolute atomic E-state index is 0.272. The van der Waals surface area contributed by atoms with Gasteiger partial charge in [-0.25, -0.2) is 9.59 Å². The Labute approximate surface area is 130 Å². The second-order valence-corrected chi connectivity index (χ2v) is 4.56. The average Bonchev–Trinajstić information content (AvgIpc) is 2.53. The monoisotopic (exact) mass is 310 g/mol. The zero-order chi connectivity index (χ0) is 16.4. The van der Waals surface area contributed by atoms with E-state index in [4.69, 9.17) is 14.4 Å². The number of benzene rings is 1. The molecule has 1 aromatic carbocycles. The highest BCUT2D eigenvalue weighted by Crippen LogP contribution is 2.08. The summed E-state index contributed by atoms with van der Waals surface area (Å²) in [6, 6.07) is 5.94. The summed E-state index contributed by atoms with van der Waals surface area (Å²) in [5.41, 5.74) is 0.643. The van der Waals surface area contributed by atoms with Gasteiger partial charge in [-0.3, -0.25) is 4.89 Å². The van der Waals surface area contributed by atoms with Crippen LogP contribution in [0.1, 0.15) is 54.3 Å². The van der Waals surface area contributed by atoms with Crippen LogP contribution in [0.4, 0.5) is 0 Å². The third-order valence-corrected chi connectivity index (χ3v) is 2.74. The standard InChI is InChI=1S/C16H22O6/c1-4-6-11-20-12(3)21-22-16(18)14-9-7-13(8-10-14)15(17)19-5-2/h7-10,12H,4-6,11H2,1-3H3. The molecule has 0 radical (unpaired) electrons. The summed E-state index contributed by atoms with van der Waals surface area (Å²) in [5.74, 6) is -1.09. The fraction of sp³-hybridized carbons (Fsp3) is 0.500. The minimum Gasteiger partial charge on any atom is -0.462 e. The van der Waals surface area contributed by atoms with Crippen LogP contribution in [0.3, 0.4) is 0 Å². The van der Waals surface area contributed by atoms with Crippen molar-refractivity contribution in [2.75, 3.05) is 13.2 Å². The molecule has 122 valence electrons. The first kappa shape index (κ1) is 18.1. The highest BCUT2D eigenvalue weighted by molar-refractivity contribution is 5.93. The molecule has 0 fully saturated rings. The molecule has 1 aromatic rings. The molecule has 0 aliphatic heterocycles. The predicted molar refractivity (Wildman–Crippen MR) is 79.2 cm³/mol. The maximum absolute atomic E-state index is 11.8. The largest absolute Gasteiger partial charge is 0.462 e. The lowest BCUT2D eigenvalue weighted by Crippen LogP contribution is -2.17. The Morgan fingerprint density at radius 2 is 1.64 bits per heavy atom. The van der Waals surface area contributed by atoms with Gasteiger partial charge < -0.3 is 9.47 Å². The normalized spacial score (nSPS) is 11.8. The van der Waals surface area contributed by atoms with E-state index in [2.05, 4.69) is 11.8 Å². The van der Waals surface area contributed by atoms with Crippen LogP contribution in [0.5, 0.6) is 0 Å². The molecule has 1 atom stereocenters. The van der Waals surface area contributed by atoms with E-state index in [1.165, 1.54) is 24.3 Å². The summed E-state index contributed by atoms with van der Waals surface area (Å²) in [6.45, 7) is 6.27. The third kappa shape index (κ3) is 6.24. The van der Waals surface area contributed by atoms with Crippen molar-refractivity contribution in [3.8, 4) is 0 Å². The molecule has 1 unspecified atom stereocenters. The van der Waals surface area contributed by atoms with Crippen LogP contribution in [-0.2, 0) is 19.2 Å². The second-order valence-electron chi connectivity index (χ2n) is 4.56. The Balaban J connectivity index is 2.44. The van der Waals surface area contributed by atoms with Crippen molar-refractivity contribution < 1.29 is 28.8 Å². The second kappa shape index (κ2) is 9.92. The summed E-state index contributed by atoms with van der Waals surface area (Å²) in [7, 11) is 0. The van der Waals surface area contributed by atoms with E-state index in [0.717, 1.165) is 12.8 Å². The van der Waals surface area contributed by atoms with Crippen LogP contribution < -0.4 is 0 Å². The number of unbranched alkanes of at least 4 members (excludes halogenated alkanes) is 1. The number of esters is 1. The van der Waals surface area contributed by atoms with E-state index in [0.29, 0.717) is 18.8 Å². The summed E-state index contributed by atoms with van der Waals surface area (Å²) in [4.78, 5) is 32.8. The van der Waals surface area contributed by atoms with Gasteiger partial charge in [0.1, 0.15) is 0 Å². The van der Waals surface area contributed by atoms with Crippen LogP contribution in [0.15, 0.2) is 24.3 Å². The molecule has 0 spiro atoms. The molecule has 1 rings (SSSR count). The van der Waals surface area contributed by atoms with Gasteiger partial charge in [0.05, 0.1) is 17.7 Å². The molecular formula is C16H22O6. The van der Waals surface area contributed by atoms with Crippen molar-refractivity contribution in [3.63, 3.8) is 0 Å². The maximum atomic E-state index is 11.8. The predicted octanol–water partition coefficient (Wildman–Crippen LogP) is 3.11. The molecule has 6 heteroatoms. The molecule has 0 aliphatic rings. The Morgan fingerprint density at radius 1 is 1.05 bits per heavy atom. The van der Waals surface area contributed by atoms with Crippen molar-refractivity contribution in [2.24, 2.45) is 0 Å². The summed E-state index contributed by atoms with van der Waals surface area (Å²) < 4.78 is 10.1. The van der Waals surface area contributed by atoms with Crippen LogP contribution in [0, 0.1) is 0 Å². The Kier molecular flexibility index (Phi) is 8.17. The van der Waals surface area contributed by atoms with E-state index < -0.39 is 18.2 Å². The van der Waals surface area contributed by atoms with Crippen molar-refractivity contribution in [1.82, 2.24) is 0 Å². The lowest BCUT2D eigenvalue weighted by atomic mass is 10.1. The smallest absolute Gasteiger partial charge is 0.373 e. The third-order valence-electron chi connectivity index (χ3n) is 2.74. The lowest BCUT2D eigenvalue weighted by Gasteiger charge is -2.12. The molecule has 0 aliphatic carbocycles. The van der Waals surface area contributed by atoms with Gasteiger partial charge in [-0.1, -0.05) is 13.3 Å². The highest BCUT2D eigenvalue weighted by Gasteiger charge is 2.13. The number of hydrogen-bond acceptors (Lipinski definition) is 6. The lowest BCUT2D eigenvalue weighted by molar-refractivity contribution is -0.333. The van der Waals surface area contributed by atoms with Gasteiger partial charge >= 0.3 is 11.9 Å². The van der Waals surface area contributed by atoms with Gasteiger partial charge in [0, 0.05) is 6.61 Å². The minimum atomic E-state index is -0.652. The number of carbonyl (C=O) groups is 2. The molecule has 0 N–H and O–H groups in total. The molecule has 0 aromatic heterocycles. The first-order valence-corrected chi connectivity index (χ1v) is 7.34. The first-order chi connectivity index (χ1) is 10.6. The molecule has 0 bridgehead atoms. The Bertz CT molecular complexity index is 468. The molecule has 0 heterocycles. The maximum Gasteiger partial charge on any atom is 0.373 e. The van der Waals surface area contributed by atoms with E-state index >= 15 is 0 Å². The molecule has 22 heavy (non-hydrogen) atoms. The number of ether oxygens (including phenoxy) is 2. The fourth-order valence-corrected chi connectivity index (χ4v) is 1.54. The van der Waals surface area contributed by atoms with Crippen LogP contribution in [-0.4, -0.2) is 31.4 Å². The van der Waals surface area contributed by atoms with Crippen molar-refractivity contribution >= 4 is 11.9 Å². The van der Waals surface area contributed by atoms with Gasteiger partial charge in [0.2, 0.25) is 0 Å². The van der Waals surface area contributed by atoms with Crippen LogP contribution >= 0.6 is 0 Å². The summed E-state index contributed by atoms with van der Waals surface area (Å²) in [6.07, 6.45) is 1.30. The van der Waals surface area contributed by atoms with Crippen LogP contribution in [0.2, 0.25) is 0 Å². The quantitative estimate of drug-likeness (QED) is 0.229. The topological polar surface area (TPSA) is 71.1 Å². The van der Waals surface area contributed by atoms with E-state index in [1.54, 1.807) is 13.8 Å². The van der Waals surface area contributed by atoms with Gasteiger partial charge in [-0.15, -0.1) is 0 Å². The molecular weight excluding hydrogens is 288 g/mol. The van der Waals surface area contributed by atoms with E-state index in [-0.39, 0.29) is 5.56 Å². The molecule has 6 nitrogen and oxygen atoms in total. The zero-order valence-electron chi connectivity index (χ0n) is 13.2. The Hall–Kier alpha value is -1.92. The first-order valence-electron chi connectivity index (χ1n) is 7.34. The number of carbonyl (C=O) groups excluding carboxylic acids is 2. The summed E-state index contributed by atoms with van der Waals surface area (Å²) >= 11 is 0. The van der Waals surface area contributed by atoms with Crippen molar-refractivity contribution in [1.29, 1.82) is 0 Å². The van der Waals surface area contributed by atoms with Gasteiger partial charge in [-0.2, -0.15) is 4.89 Å². The zero-order valence-corrected chi connectivity index (χ0v) is 13.2. The number of rotatable bonds is 9. The van der Waals surface area contributed by atoms with Crippen molar-refractivity contribution in [3.05, 3.63) is 35.4 Å².